The van der Waals surface area contributed by atoms with Gasteiger partial charge in [0.15, 0.2) is 0 Å². The van der Waals surface area contributed by atoms with Crippen molar-refractivity contribution in [2.45, 2.75) is 0 Å². The molecular formula is C19H15ClN6O6. The van der Waals surface area contributed by atoms with Crippen LogP contribution in [0, 0.1) is 10.1 Å². The number of carbonyl (C=O) groups excluding carboxylic acids is 2. The molecule has 0 aliphatic rings. The minimum atomic E-state index is -0.716. The molecule has 0 atom stereocenters. The van der Waals surface area contributed by atoms with Crippen LogP contribution in [0.4, 0.5) is 28.8 Å². The van der Waals surface area contributed by atoms with E-state index in [1.54, 1.807) is 6.07 Å². The third-order valence-corrected chi connectivity index (χ3v) is 4.24. The summed E-state index contributed by atoms with van der Waals surface area (Å²) >= 11 is 5.80. The maximum absolute atomic E-state index is 12.0. The van der Waals surface area contributed by atoms with Crippen LogP contribution in [-0.4, -0.2) is 46.0 Å². The number of carbonyl (C=O) groups is 2. The van der Waals surface area contributed by atoms with Crippen LogP contribution >= 0.6 is 11.6 Å². The molecule has 0 unspecified atom stereocenters. The Hall–Kier alpha value is -4.32. The van der Waals surface area contributed by atoms with Gasteiger partial charge in [-0.15, -0.1) is 0 Å². The van der Waals surface area contributed by atoms with E-state index in [0.717, 1.165) is 6.33 Å². The highest BCUT2D eigenvalue weighted by atomic mass is 35.5. The molecule has 2 heterocycles. The lowest BCUT2D eigenvalue weighted by molar-refractivity contribution is -0.383. The monoisotopic (exact) mass is 458 g/mol. The van der Waals surface area contributed by atoms with Gasteiger partial charge < -0.3 is 20.1 Å². The standard InChI is InChI=1S/C19H15ClN6O6/c1-31-18(27)10-5-11(19(28)32-2)7-13(6-10)24-16-15(26(29)30)17(23-9-22-16)25-14-4-3-12(20)8-21-14/h3-9H,1-2H3,(H2,21,22,23,24,25). The van der Waals surface area contributed by atoms with Crippen molar-refractivity contribution in [2.75, 3.05) is 24.9 Å². The van der Waals surface area contributed by atoms with Crippen LogP contribution in [0.2, 0.25) is 5.02 Å². The van der Waals surface area contributed by atoms with Gasteiger partial charge in [0.05, 0.1) is 35.3 Å². The number of hydrogen-bond acceptors (Lipinski definition) is 11. The van der Waals surface area contributed by atoms with E-state index in [2.05, 4.69) is 35.1 Å². The number of aromatic nitrogens is 3. The fourth-order valence-corrected chi connectivity index (χ4v) is 2.73. The van der Waals surface area contributed by atoms with Crippen molar-refractivity contribution in [3.8, 4) is 0 Å². The van der Waals surface area contributed by atoms with Crippen molar-refractivity contribution in [3.63, 3.8) is 0 Å². The van der Waals surface area contributed by atoms with E-state index in [0.29, 0.717) is 5.02 Å². The predicted molar refractivity (Wildman–Crippen MR) is 114 cm³/mol. The maximum Gasteiger partial charge on any atom is 0.353 e. The number of hydrogen-bond donors (Lipinski definition) is 2. The maximum atomic E-state index is 12.0. The Morgan fingerprint density at radius 1 is 0.969 bits per heavy atom. The average molecular weight is 459 g/mol. The summed E-state index contributed by atoms with van der Waals surface area (Å²) in [6.45, 7) is 0. The highest BCUT2D eigenvalue weighted by Gasteiger charge is 2.24. The van der Waals surface area contributed by atoms with Gasteiger partial charge in [-0.2, -0.15) is 0 Å². The Labute approximate surface area is 185 Å². The molecule has 3 aromatic rings. The molecule has 2 aromatic heterocycles. The van der Waals surface area contributed by atoms with Crippen molar-refractivity contribution in [1.82, 2.24) is 15.0 Å². The van der Waals surface area contributed by atoms with Gasteiger partial charge in [-0.3, -0.25) is 10.1 Å². The molecule has 0 saturated carbocycles. The number of nitro groups is 1. The van der Waals surface area contributed by atoms with Crippen LogP contribution < -0.4 is 10.6 Å². The molecule has 0 aliphatic heterocycles. The molecule has 32 heavy (non-hydrogen) atoms. The number of pyridine rings is 1. The zero-order valence-electron chi connectivity index (χ0n) is 16.7. The number of rotatable bonds is 7. The van der Waals surface area contributed by atoms with Gasteiger partial charge in [0.2, 0.25) is 11.6 Å². The molecule has 2 N–H and O–H groups in total. The Kier molecular flexibility index (Phi) is 6.75. The van der Waals surface area contributed by atoms with Gasteiger partial charge in [-0.1, -0.05) is 11.6 Å². The van der Waals surface area contributed by atoms with Crippen molar-refractivity contribution < 1.29 is 24.0 Å². The summed E-state index contributed by atoms with van der Waals surface area (Å²) in [5.41, 5.74) is -0.283. The Balaban J connectivity index is 2.03. The van der Waals surface area contributed by atoms with Crippen LogP contribution in [0.25, 0.3) is 0 Å². The van der Waals surface area contributed by atoms with Gasteiger partial charge in [0, 0.05) is 11.9 Å². The highest BCUT2D eigenvalue weighted by Crippen LogP contribution is 2.33. The minimum Gasteiger partial charge on any atom is -0.465 e. The lowest BCUT2D eigenvalue weighted by Gasteiger charge is -2.12. The van der Waals surface area contributed by atoms with E-state index in [1.165, 1.54) is 44.7 Å². The van der Waals surface area contributed by atoms with Crippen LogP contribution in [0.1, 0.15) is 20.7 Å². The summed E-state index contributed by atoms with van der Waals surface area (Å²) in [7, 11) is 2.36. The number of halogens is 1. The summed E-state index contributed by atoms with van der Waals surface area (Å²) in [4.78, 5) is 46.9. The molecule has 13 heteroatoms. The molecule has 0 saturated heterocycles. The molecular weight excluding hydrogens is 444 g/mol. The molecule has 164 valence electrons. The number of nitrogens with zero attached hydrogens (tertiary/aromatic N) is 4. The second-order valence-electron chi connectivity index (χ2n) is 6.07. The molecule has 0 aliphatic carbocycles. The summed E-state index contributed by atoms with van der Waals surface area (Å²) in [6.07, 6.45) is 2.46. The van der Waals surface area contributed by atoms with Crippen LogP contribution in [0.15, 0.2) is 42.9 Å². The molecule has 0 fully saturated rings. The molecule has 0 amide bonds. The summed E-state index contributed by atoms with van der Waals surface area (Å²) in [5.74, 6) is -1.50. The average Bonchev–Trinajstić information content (AvgIpc) is 2.79. The van der Waals surface area contributed by atoms with Crippen molar-refractivity contribution >= 4 is 52.4 Å². The van der Waals surface area contributed by atoms with E-state index in [1.807, 2.05) is 0 Å². The molecule has 0 spiro atoms. The second kappa shape index (κ2) is 9.66. The number of esters is 2. The lowest BCUT2D eigenvalue weighted by Crippen LogP contribution is -2.09. The largest absolute Gasteiger partial charge is 0.465 e. The normalized spacial score (nSPS) is 10.2. The van der Waals surface area contributed by atoms with E-state index < -0.39 is 22.5 Å². The highest BCUT2D eigenvalue weighted by molar-refractivity contribution is 6.30. The lowest BCUT2D eigenvalue weighted by atomic mass is 10.1. The first kappa shape index (κ1) is 22.4. The van der Waals surface area contributed by atoms with Crippen LogP contribution in [0.3, 0.4) is 0 Å². The molecule has 12 nitrogen and oxygen atoms in total. The Morgan fingerprint density at radius 3 is 2.06 bits per heavy atom. The van der Waals surface area contributed by atoms with Gasteiger partial charge in [-0.05, 0) is 30.3 Å². The Bertz CT molecular complexity index is 1150. The van der Waals surface area contributed by atoms with Crippen LogP contribution in [-0.2, 0) is 9.47 Å². The van der Waals surface area contributed by atoms with E-state index >= 15 is 0 Å². The fraction of sp³-hybridized carbons (Fsp3) is 0.105. The SMILES string of the molecule is COC(=O)c1cc(Nc2ncnc(Nc3ccc(Cl)cn3)c2[N+](=O)[O-])cc(C(=O)OC)c1. The van der Waals surface area contributed by atoms with Crippen LogP contribution in [0.5, 0.6) is 0 Å². The molecule has 1 aromatic carbocycles. The number of anilines is 4. The van der Waals surface area contributed by atoms with Crippen molar-refractivity contribution in [1.29, 1.82) is 0 Å². The van der Waals surface area contributed by atoms with Crippen molar-refractivity contribution in [3.05, 3.63) is 69.1 Å². The third kappa shape index (κ3) is 5.05. The van der Waals surface area contributed by atoms with E-state index in [-0.39, 0.29) is 34.3 Å². The van der Waals surface area contributed by atoms with Gasteiger partial charge >= 0.3 is 17.6 Å². The quantitative estimate of drug-likeness (QED) is 0.303. The first-order valence-corrected chi connectivity index (χ1v) is 9.17. The number of benzene rings is 1. The van der Waals surface area contributed by atoms with E-state index in [4.69, 9.17) is 11.6 Å². The number of ether oxygens (including phenoxy) is 2. The molecule has 0 bridgehead atoms. The molecule has 0 radical (unpaired) electrons. The first-order chi connectivity index (χ1) is 15.3. The first-order valence-electron chi connectivity index (χ1n) is 8.79. The number of methoxy groups -OCH3 is 2. The van der Waals surface area contributed by atoms with Crippen molar-refractivity contribution in [2.24, 2.45) is 0 Å². The second-order valence-corrected chi connectivity index (χ2v) is 6.51. The number of nitrogens with one attached hydrogen (secondary N) is 2. The summed E-state index contributed by atoms with van der Waals surface area (Å²) in [5, 5.41) is 17.6. The zero-order chi connectivity index (χ0) is 23.3. The van der Waals surface area contributed by atoms with Gasteiger partial charge in [0.25, 0.3) is 0 Å². The van der Waals surface area contributed by atoms with Gasteiger partial charge in [-0.25, -0.2) is 24.5 Å². The van der Waals surface area contributed by atoms with E-state index in [9.17, 15) is 19.7 Å². The third-order valence-electron chi connectivity index (χ3n) is 4.02. The zero-order valence-corrected chi connectivity index (χ0v) is 17.4. The fourth-order valence-electron chi connectivity index (χ4n) is 2.61. The predicted octanol–water partition coefficient (Wildman–Crippen LogP) is 3.49. The van der Waals surface area contributed by atoms with Gasteiger partial charge in [0.1, 0.15) is 12.1 Å². The Morgan fingerprint density at radius 2 is 1.56 bits per heavy atom. The topological polar surface area (TPSA) is 158 Å². The molecule has 3 rings (SSSR count). The minimum absolute atomic E-state index is 0.0262. The smallest absolute Gasteiger partial charge is 0.353 e. The summed E-state index contributed by atoms with van der Waals surface area (Å²) in [6, 6.07) is 7.03. The summed E-state index contributed by atoms with van der Waals surface area (Å²) < 4.78 is 9.37.